The lowest BCUT2D eigenvalue weighted by atomic mass is 10.1. The number of hydrogen-bond acceptors (Lipinski definition) is 4. The average molecular weight is 341 g/mol. The quantitative estimate of drug-likeness (QED) is 0.641. The Labute approximate surface area is 143 Å². The van der Waals surface area contributed by atoms with Gasteiger partial charge in [0.25, 0.3) is 0 Å². The Bertz CT molecular complexity index is 538. The largest absolute Gasteiger partial charge is 0.462 e. The number of carbonyl (C=O) groups is 2. The highest BCUT2D eigenvalue weighted by atomic mass is 35.5. The van der Waals surface area contributed by atoms with E-state index in [0.717, 1.165) is 12.8 Å². The highest BCUT2D eigenvalue weighted by Crippen LogP contribution is 2.19. The minimum Gasteiger partial charge on any atom is -0.462 e. The molecule has 1 rings (SSSR count). The van der Waals surface area contributed by atoms with Gasteiger partial charge in [0.2, 0.25) is 0 Å². The summed E-state index contributed by atoms with van der Waals surface area (Å²) < 4.78 is 10.4. The van der Waals surface area contributed by atoms with Crippen LogP contribution in [0, 0.1) is 11.8 Å². The van der Waals surface area contributed by atoms with E-state index in [1.54, 1.807) is 6.07 Å². The summed E-state index contributed by atoms with van der Waals surface area (Å²) >= 11 is 5.94. The van der Waals surface area contributed by atoms with Crippen molar-refractivity contribution in [1.82, 2.24) is 0 Å². The number of hydrogen-bond donors (Lipinski definition) is 0. The second-order valence-electron chi connectivity index (χ2n) is 6.33. The van der Waals surface area contributed by atoms with E-state index in [9.17, 15) is 9.59 Å². The van der Waals surface area contributed by atoms with E-state index in [1.807, 2.05) is 27.7 Å². The molecule has 0 fully saturated rings. The third kappa shape index (κ3) is 7.04. The van der Waals surface area contributed by atoms with Crippen LogP contribution in [0.15, 0.2) is 18.2 Å². The first kappa shape index (κ1) is 19.5. The molecule has 0 N–H and O–H groups in total. The molecule has 4 nitrogen and oxygen atoms in total. The van der Waals surface area contributed by atoms with E-state index in [4.69, 9.17) is 21.1 Å². The first-order valence-electron chi connectivity index (χ1n) is 7.95. The van der Waals surface area contributed by atoms with Crippen LogP contribution in [0.2, 0.25) is 5.02 Å². The van der Waals surface area contributed by atoms with Crippen LogP contribution in [-0.2, 0) is 9.47 Å². The Morgan fingerprint density at radius 2 is 1.39 bits per heavy atom. The number of ether oxygens (including phenoxy) is 2. The lowest BCUT2D eigenvalue weighted by Crippen LogP contribution is -2.16. The summed E-state index contributed by atoms with van der Waals surface area (Å²) in [7, 11) is 0. The molecule has 1 aromatic carbocycles. The van der Waals surface area contributed by atoms with E-state index in [0.29, 0.717) is 30.1 Å². The number of carbonyl (C=O) groups excluding carboxylic acids is 2. The van der Waals surface area contributed by atoms with Gasteiger partial charge in [0.05, 0.1) is 24.3 Å². The summed E-state index contributed by atoms with van der Waals surface area (Å²) in [5.41, 5.74) is 0.337. The molecule has 0 aliphatic carbocycles. The van der Waals surface area contributed by atoms with Crippen LogP contribution in [0.4, 0.5) is 0 Å². The minimum absolute atomic E-state index is 0.149. The number of halogens is 1. The topological polar surface area (TPSA) is 52.6 Å². The summed E-state index contributed by atoms with van der Waals surface area (Å²) in [6.07, 6.45) is 1.54. The first-order chi connectivity index (χ1) is 10.8. The molecule has 23 heavy (non-hydrogen) atoms. The van der Waals surface area contributed by atoms with Crippen LogP contribution in [0.3, 0.4) is 0 Å². The van der Waals surface area contributed by atoms with Gasteiger partial charge in [-0.05, 0) is 42.9 Å². The van der Waals surface area contributed by atoms with Gasteiger partial charge in [-0.2, -0.15) is 0 Å². The van der Waals surface area contributed by atoms with Gasteiger partial charge >= 0.3 is 11.9 Å². The van der Waals surface area contributed by atoms with Gasteiger partial charge in [-0.1, -0.05) is 39.3 Å². The molecule has 0 saturated carbocycles. The summed E-state index contributed by atoms with van der Waals surface area (Å²) in [5.74, 6) is -0.210. The van der Waals surface area contributed by atoms with E-state index in [2.05, 4.69) is 0 Å². The molecule has 0 amide bonds. The lowest BCUT2D eigenvalue weighted by Gasteiger charge is -2.11. The van der Waals surface area contributed by atoms with Gasteiger partial charge in [0, 0.05) is 5.02 Å². The summed E-state index contributed by atoms with van der Waals surface area (Å²) in [5, 5.41) is 0.375. The summed E-state index contributed by atoms with van der Waals surface area (Å²) in [4.78, 5) is 24.4. The standard InChI is InChI=1S/C18H25ClO4/c1-12(2)7-9-22-17(20)15-6-5-14(19)11-16(15)18(21)23-10-8-13(3)4/h5-6,11-13H,7-10H2,1-4H3. The van der Waals surface area contributed by atoms with Gasteiger partial charge in [-0.25, -0.2) is 9.59 Å². The predicted molar refractivity (Wildman–Crippen MR) is 90.9 cm³/mol. The number of benzene rings is 1. The van der Waals surface area contributed by atoms with Crippen molar-refractivity contribution in [1.29, 1.82) is 0 Å². The minimum atomic E-state index is -0.552. The second kappa shape index (κ2) is 9.56. The molecule has 0 heterocycles. The fourth-order valence-corrected chi connectivity index (χ4v) is 1.97. The second-order valence-corrected chi connectivity index (χ2v) is 6.76. The zero-order valence-electron chi connectivity index (χ0n) is 14.2. The highest BCUT2D eigenvalue weighted by Gasteiger charge is 2.20. The van der Waals surface area contributed by atoms with E-state index in [1.165, 1.54) is 12.1 Å². The molecule has 0 saturated heterocycles. The monoisotopic (exact) mass is 340 g/mol. The Hall–Kier alpha value is -1.55. The fourth-order valence-electron chi connectivity index (χ4n) is 1.79. The molecule has 0 radical (unpaired) electrons. The van der Waals surface area contributed by atoms with Crippen LogP contribution < -0.4 is 0 Å². The van der Waals surface area contributed by atoms with Crippen LogP contribution in [0.1, 0.15) is 61.3 Å². The molecule has 0 unspecified atom stereocenters. The molecular formula is C18H25ClO4. The maximum absolute atomic E-state index is 12.2. The Kier molecular flexibility index (Phi) is 8.10. The molecule has 0 aromatic heterocycles. The lowest BCUT2D eigenvalue weighted by molar-refractivity contribution is 0.0440. The average Bonchev–Trinajstić information content (AvgIpc) is 2.46. The van der Waals surface area contributed by atoms with Crippen molar-refractivity contribution in [2.24, 2.45) is 11.8 Å². The first-order valence-corrected chi connectivity index (χ1v) is 8.32. The molecule has 5 heteroatoms. The van der Waals surface area contributed by atoms with Crippen LogP contribution in [0.5, 0.6) is 0 Å². The Morgan fingerprint density at radius 3 is 1.87 bits per heavy atom. The van der Waals surface area contributed by atoms with Crippen molar-refractivity contribution in [2.75, 3.05) is 13.2 Å². The fraction of sp³-hybridized carbons (Fsp3) is 0.556. The number of esters is 2. The molecule has 0 bridgehead atoms. The molecule has 128 valence electrons. The molecule has 1 aromatic rings. The van der Waals surface area contributed by atoms with Crippen molar-refractivity contribution >= 4 is 23.5 Å². The van der Waals surface area contributed by atoms with Gasteiger partial charge < -0.3 is 9.47 Å². The maximum atomic E-state index is 12.2. The van der Waals surface area contributed by atoms with Crippen LogP contribution in [0.25, 0.3) is 0 Å². The Morgan fingerprint density at radius 1 is 0.913 bits per heavy atom. The zero-order chi connectivity index (χ0) is 17.4. The van der Waals surface area contributed by atoms with Crippen molar-refractivity contribution < 1.29 is 19.1 Å². The zero-order valence-corrected chi connectivity index (χ0v) is 15.0. The van der Waals surface area contributed by atoms with E-state index < -0.39 is 11.9 Å². The molecular weight excluding hydrogens is 316 g/mol. The van der Waals surface area contributed by atoms with Crippen molar-refractivity contribution in [3.05, 3.63) is 34.3 Å². The van der Waals surface area contributed by atoms with E-state index >= 15 is 0 Å². The van der Waals surface area contributed by atoms with Crippen LogP contribution >= 0.6 is 11.6 Å². The summed E-state index contributed by atoms with van der Waals surface area (Å²) in [6, 6.07) is 4.50. The smallest absolute Gasteiger partial charge is 0.339 e. The van der Waals surface area contributed by atoms with Gasteiger partial charge in [-0.3, -0.25) is 0 Å². The summed E-state index contributed by atoms with van der Waals surface area (Å²) in [6.45, 7) is 8.82. The van der Waals surface area contributed by atoms with Crippen molar-refractivity contribution in [2.45, 2.75) is 40.5 Å². The van der Waals surface area contributed by atoms with Gasteiger partial charge in [0.1, 0.15) is 0 Å². The normalized spacial score (nSPS) is 10.9. The maximum Gasteiger partial charge on any atom is 0.339 e. The predicted octanol–water partition coefficient (Wildman–Crippen LogP) is 4.75. The SMILES string of the molecule is CC(C)CCOC(=O)c1ccc(Cl)cc1C(=O)OCCC(C)C. The molecule has 0 spiro atoms. The molecule has 0 aliphatic rings. The third-order valence-corrected chi connectivity index (χ3v) is 3.51. The van der Waals surface area contributed by atoms with Gasteiger partial charge in [-0.15, -0.1) is 0 Å². The van der Waals surface area contributed by atoms with Crippen molar-refractivity contribution in [3.63, 3.8) is 0 Å². The van der Waals surface area contributed by atoms with Gasteiger partial charge in [0.15, 0.2) is 0 Å². The highest BCUT2D eigenvalue weighted by molar-refractivity contribution is 6.31. The van der Waals surface area contributed by atoms with Crippen LogP contribution in [-0.4, -0.2) is 25.2 Å². The van der Waals surface area contributed by atoms with E-state index in [-0.39, 0.29) is 11.1 Å². The molecule has 0 atom stereocenters. The number of rotatable bonds is 8. The molecule has 0 aliphatic heterocycles. The Balaban J connectivity index is 2.79. The van der Waals surface area contributed by atoms with Crippen molar-refractivity contribution in [3.8, 4) is 0 Å². The third-order valence-electron chi connectivity index (χ3n) is 3.28.